The first-order valence-electron chi connectivity index (χ1n) is 7.06. The van der Waals surface area contributed by atoms with Crippen LogP contribution >= 0.6 is 11.8 Å². The first-order chi connectivity index (χ1) is 9.74. The van der Waals surface area contributed by atoms with E-state index in [1.54, 1.807) is 6.33 Å². The number of nitrogens with one attached hydrogen (secondary N) is 1. The number of nitrogens with zero attached hydrogens (tertiary/aromatic N) is 3. The lowest BCUT2D eigenvalue weighted by Gasteiger charge is -2.13. The third-order valence-corrected chi connectivity index (χ3v) is 4.81. The van der Waals surface area contributed by atoms with Crippen LogP contribution in [0.3, 0.4) is 0 Å². The number of aromatic nitrogens is 3. The largest absolute Gasteiger partial charge is 0.308 e. The van der Waals surface area contributed by atoms with Crippen LogP contribution in [-0.2, 0) is 13.1 Å². The summed E-state index contributed by atoms with van der Waals surface area (Å²) in [7, 11) is 0. The Kier molecular flexibility index (Phi) is 4.08. The second-order valence-electron chi connectivity index (χ2n) is 5.44. The van der Waals surface area contributed by atoms with E-state index in [2.05, 4.69) is 53.5 Å². The van der Waals surface area contributed by atoms with Gasteiger partial charge in [-0.1, -0.05) is 32.0 Å². The van der Waals surface area contributed by atoms with E-state index in [1.165, 1.54) is 10.5 Å². The van der Waals surface area contributed by atoms with Crippen molar-refractivity contribution in [3.63, 3.8) is 0 Å². The maximum absolute atomic E-state index is 4.39. The van der Waals surface area contributed by atoms with Gasteiger partial charge in [-0.3, -0.25) is 0 Å². The quantitative estimate of drug-likeness (QED) is 0.918. The molecule has 0 bridgehead atoms. The van der Waals surface area contributed by atoms with Crippen LogP contribution in [0.2, 0.25) is 0 Å². The lowest BCUT2D eigenvalue weighted by Crippen LogP contribution is -2.25. The number of rotatable bonds is 5. The molecule has 1 N–H and O–H groups in total. The molecule has 0 amide bonds. The molecule has 1 unspecified atom stereocenters. The average molecular weight is 288 g/mol. The lowest BCUT2D eigenvalue weighted by atomic mass is 10.0. The van der Waals surface area contributed by atoms with Crippen LogP contribution in [0.1, 0.15) is 31.2 Å². The minimum atomic E-state index is 0.461. The predicted octanol–water partition coefficient (Wildman–Crippen LogP) is 2.67. The van der Waals surface area contributed by atoms with E-state index in [1.807, 2.05) is 16.4 Å². The Morgan fingerprint density at radius 1 is 1.40 bits per heavy atom. The molecular formula is C15H20N4S. The molecule has 2 heterocycles. The third kappa shape index (κ3) is 2.88. The van der Waals surface area contributed by atoms with Crippen molar-refractivity contribution in [3.05, 3.63) is 42.0 Å². The molecule has 0 radical (unpaired) electrons. The highest BCUT2D eigenvalue weighted by Crippen LogP contribution is 2.39. The Labute approximate surface area is 124 Å². The Morgan fingerprint density at radius 3 is 3.10 bits per heavy atom. The summed E-state index contributed by atoms with van der Waals surface area (Å²) in [4.78, 5) is 5.78. The zero-order chi connectivity index (χ0) is 13.9. The van der Waals surface area contributed by atoms with Gasteiger partial charge in [0, 0.05) is 22.6 Å². The van der Waals surface area contributed by atoms with Gasteiger partial charge in [-0.15, -0.1) is 11.8 Å². The zero-order valence-corrected chi connectivity index (χ0v) is 12.7. The fourth-order valence-corrected chi connectivity index (χ4v) is 3.70. The summed E-state index contributed by atoms with van der Waals surface area (Å²) in [6.07, 6.45) is 1.66. The SMILES string of the molecule is CC(C)NCc1ncnn1CC1CSc2ccccc21. The van der Waals surface area contributed by atoms with Gasteiger partial charge < -0.3 is 5.32 Å². The second kappa shape index (κ2) is 5.97. The molecule has 106 valence electrons. The normalized spacial score (nSPS) is 17.6. The molecule has 0 aliphatic carbocycles. The minimum absolute atomic E-state index is 0.461. The Hall–Kier alpha value is -1.33. The highest BCUT2D eigenvalue weighted by atomic mass is 32.2. The molecule has 0 fully saturated rings. The summed E-state index contributed by atoms with van der Waals surface area (Å²) in [5.41, 5.74) is 1.45. The van der Waals surface area contributed by atoms with Crippen molar-refractivity contribution in [1.29, 1.82) is 0 Å². The molecule has 4 nitrogen and oxygen atoms in total. The maximum atomic E-state index is 4.39. The van der Waals surface area contributed by atoms with Crippen molar-refractivity contribution < 1.29 is 0 Å². The van der Waals surface area contributed by atoms with Gasteiger partial charge in [0.15, 0.2) is 0 Å². The zero-order valence-electron chi connectivity index (χ0n) is 11.9. The number of fused-ring (bicyclic) bond motifs is 1. The van der Waals surface area contributed by atoms with E-state index < -0.39 is 0 Å². The van der Waals surface area contributed by atoms with E-state index >= 15 is 0 Å². The Morgan fingerprint density at radius 2 is 2.25 bits per heavy atom. The fourth-order valence-electron chi connectivity index (χ4n) is 2.46. The highest BCUT2D eigenvalue weighted by molar-refractivity contribution is 7.99. The Bertz CT molecular complexity index is 579. The molecule has 1 aliphatic rings. The lowest BCUT2D eigenvalue weighted by molar-refractivity contribution is 0.493. The molecule has 0 spiro atoms. The molecule has 2 aromatic rings. The van der Waals surface area contributed by atoms with E-state index in [0.717, 1.165) is 24.7 Å². The van der Waals surface area contributed by atoms with E-state index in [4.69, 9.17) is 0 Å². The Balaban J connectivity index is 1.72. The maximum Gasteiger partial charge on any atom is 0.140 e. The van der Waals surface area contributed by atoms with Crippen molar-refractivity contribution in [1.82, 2.24) is 20.1 Å². The molecule has 0 saturated heterocycles. The first-order valence-corrected chi connectivity index (χ1v) is 8.04. The molecule has 1 atom stereocenters. The van der Waals surface area contributed by atoms with Gasteiger partial charge in [-0.05, 0) is 11.6 Å². The molecule has 20 heavy (non-hydrogen) atoms. The van der Waals surface area contributed by atoms with Crippen LogP contribution in [0.5, 0.6) is 0 Å². The monoisotopic (exact) mass is 288 g/mol. The third-order valence-electron chi connectivity index (χ3n) is 3.56. The summed E-state index contributed by atoms with van der Waals surface area (Å²) in [5.74, 6) is 2.69. The van der Waals surface area contributed by atoms with Gasteiger partial charge in [0.25, 0.3) is 0 Å². The number of thioether (sulfide) groups is 1. The van der Waals surface area contributed by atoms with Crippen LogP contribution in [-0.4, -0.2) is 26.6 Å². The molecule has 1 aromatic carbocycles. The topological polar surface area (TPSA) is 42.7 Å². The van der Waals surface area contributed by atoms with Crippen LogP contribution < -0.4 is 5.32 Å². The predicted molar refractivity (Wildman–Crippen MR) is 81.9 cm³/mol. The van der Waals surface area contributed by atoms with Crippen LogP contribution in [0, 0.1) is 0 Å². The highest BCUT2D eigenvalue weighted by Gasteiger charge is 2.24. The van der Waals surface area contributed by atoms with Gasteiger partial charge in [0.05, 0.1) is 13.1 Å². The van der Waals surface area contributed by atoms with Crippen molar-refractivity contribution >= 4 is 11.8 Å². The van der Waals surface area contributed by atoms with Gasteiger partial charge in [-0.25, -0.2) is 9.67 Å². The summed E-state index contributed by atoms with van der Waals surface area (Å²) >= 11 is 1.94. The summed E-state index contributed by atoms with van der Waals surface area (Å²) in [6.45, 7) is 5.98. The van der Waals surface area contributed by atoms with Crippen LogP contribution in [0.15, 0.2) is 35.5 Å². The molecule has 5 heteroatoms. The number of hydrogen-bond acceptors (Lipinski definition) is 4. The van der Waals surface area contributed by atoms with E-state index in [0.29, 0.717) is 12.0 Å². The average Bonchev–Trinajstić information content (AvgIpc) is 3.05. The minimum Gasteiger partial charge on any atom is -0.308 e. The van der Waals surface area contributed by atoms with Gasteiger partial charge in [0.2, 0.25) is 0 Å². The van der Waals surface area contributed by atoms with Crippen molar-refractivity contribution in [2.45, 2.75) is 43.8 Å². The number of hydrogen-bond donors (Lipinski definition) is 1. The molecule has 3 rings (SSSR count). The molecule has 1 aliphatic heterocycles. The second-order valence-corrected chi connectivity index (χ2v) is 6.50. The first kappa shape index (κ1) is 13.6. The van der Waals surface area contributed by atoms with Crippen LogP contribution in [0.25, 0.3) is 0 Å². The van der Waals surface area contributed by atoms with Crippen LogP contribution in [0.4, 0.5) is 0 Å². The number of benzene rings is 1. The smallest absolute Gasteiger partial charge is 0.140 e. The molecule has 0 saturated carbocycles. The summed E-state index contributed by atoms with van der Waals surface area (Å²) in [5, 5.41) is 7.79. The van der Waals surface area contributed by atoms with Crippen molar-refractivity contribution in [2.24, 2.45) is 0 Å². The fraction of sp³-hybridized carbons (Fsp3) is 0.467. The van der Waals surface area contributed by atoms with E-state index in [-0.39, 0.29) is 0 Å². The van der Waals surface area contributed by atoms with Gasteiger partial charge >= 0.3 is 0 Å². The van der Waals surface area contributed by atoms with Crippen molar-refractivity contribution in [2.75, 3.05) is 5.75 Å². The van der Waals surface area contributed by atoms with E-state index in [9.17, 15) is 0 Å². The standard InChI is InChI=1S/C15H20N4S/c1-11(2)16-7-15-17-10-18-19(15)8-12-9-20-14-6-4-3-5-13(12)14/h3-6,10-12,16H,7-9H2,1-2H3. The van der Waals surface area contributed by atoms with Gasteiger partial charge in [-0.2, -0.15) is 5.10 Å². The summed E-state index contributed by atoms with van der Waals surface area (Å²) < 4.78 is 2.04. The summed E-state index contributed by atoms with van der Waals surface area (Å²) in [6, 6.07) is 9.15. The van der Waals surface area contributed by atoms with Gasteiger partial charge in [0.1, 0.15) is 12.2 Å². The molecule has 1 aromatic heterocycles. The van der Waals surface area contributed by atoms with Crippen molar-refractivity contribution in [3.8, 4) is 0 Å². The molecular weight excluding hydrogens is 268 g/mol.